The Hall–Kier alpha value is -1.50. The number of hydrogen-bond acceptors (Lipinski definition) is 13. The molecule has 0 spiro atoms. The fourth-order valence-electron chi connectivity index (χ4n) is 3.60. The fraction of sp³-hybridized carbons (Fsp3) is 0.889. The number of nitrogens with two attached hydrogens (primary N) is 2. The van der Waals surface area contributed by atoms with E-state index in [-0.39, 0.29) is 6.61 Å². The molecule has 2 fully saturated rings. The van der Waals surface area contributed by atoms with Gasteiger partial charge in [-0.2, -0.15) is 0 Å². The number of ether oxygens (including phenoxy) is 4. The minimum absolute atomic E-state index is 0.0385. The second-order valence-electron chi connectivity index (χ2n) is 7.95. The fourth-order valence-corrected chi connectivity index (χ4v) is 3.60. The van der Waals surface area contributed by atoms with Gasteiger partial charge in [-0.05, 0) is 13.0 Å². The van der Waals surface area contributed by atoms with Crippen molar-refractivity contribution in [2.24, 2.45) is 11.5 Å². The third kappa shape index (κ3) is 6.77. The molecule has 11 atom stereocenters. The quantitative estimate of drug-likeness (QED) is 0.140. The molecular weight excluding hydrogens is 450 g/mol. The molecule has 0 saturated carbocycles. The molecule has 2 aliphatic rings. The van der Waals surface area contributed by atoms with Crippen molar-refractivity contribution in [3.8, 4) is 0 Å². The number of carbonyl (C=O) groups is 2. The van der Waals surface area contributed by atoms with Gasteiger partial charge < -0.3 is 66.4 Å². The molecule has 0 aromatic carbocycles. The van der Waals surface area contributed by atoms with Crippen LogP contribution < -0.4 is 16.8 Å². The van der Waals surface area contributed by atoms with Crippen LogP contribution in [0.1, 0.15) is 13.3 Å². The van der Waals surface area contributed by atoms with Gasteiger partial charge in [0.15, 0.2) is 18.7 Å². The average Bonchev–Trinajstić information content (AvgIpc) is 2.75. The van der Waals surface area contributed by atoms with Crippen molar-refractivity contribution in [3.63, 3.8) is 0 Å². The minimum Gasteiger partial charge on any atom is -0.479 e. The monoisotopic (exact) mass is 483 g/mol. The SMILES string of the molecule is CC(=O)N[C@H]1[C@H](OC[C@H](N)CCN)O[C@H](CO)[C@H](O[C@@H]2O[C@H](C(=O)O)[C@@H](O)[C@H](O)[C@H]2O)[C@@H]1O. The van der Waals surface area contributed by atoms with Crippen molar-refractivity contribution in [1.29, 1.82) is 0 Å². The molecule has 2 aliphatic heterocycles. The van der Waals surface area contributed by atoms with Gasteiger partial charge in [0.25, 0.3) is 0 Å². The number of carbonyl (C=O) groups excluding carboxylic acids is 1. The van der Waals surface area contributed by atoms with Gasteiger partial charge in [-0.15, -0.1) is 0 Å². The lowest BCUT2D eigenvalue weighted by atomic mass is 9.95. The Labute approximate surface area is 189 Å². The summed E-state index contributed by atoms with van der Waals surface area (Å²) in [7, 11) is 0. The molecule has 0 radical (unpaired) electrons. The summed E-state index contributed by atoms with van der Waals surface area (Å²) in [6, 6.07) is -1.67. The molecule has 192 valence electrons. The molecule has 15 heteroatoms. The van der Waals surface area contributed by atoms with Crippen molar-refractivity contribution in [2.75, 3.05) is 19.8 Å². The third-order valence-corrected chi connectivity index (χ3v) is 5.34. The van der Waals surface area contributed by atoms with Gasteiger partial charge in [-0.1, -0.05) is 0 Å². The first-order chi connectivity index (χ1) is 15.5. The predicted octanol–water partition coefficient (Wildman–Crippen LogP) is -5.46. The number of aliphatic hydroxyl groups excluding tert-OH is 5. The summed E-state index contributed by atoms with van der Waals surface area (Å²) in [5.41, 5.74) is 11.3. The lowest BCUT2D eigenvalue weighted by Gasteiger charge is -2.46. The van der Waals surface area contributed by atoms with Crippen molar-refractivity contribution in [2.45, 2.75) is 80.7 Å². The molecular formula is C18H33N3O12. The van der Waals surface area contributed by atoms with E-state index in [0.29, 0.717) is 13.0 Å². The number of carboxylic acids is 1. The van der Waals surface area contributed by atoms with Crippen LogP contribution in [0.4, 0.5) is 0 Å². The van der Waals surface area contributed by atoms with Crippen molar-refractivity contribution in [3.05, 3.63) is 0 Å². The summed E-state index contributed by atoms with van der Waals surface area (Å²) >= 11 is 0. The summed E-state index contributed by atoms with van der Waals surface area (Å²) < 4.78 is 21.8. The van der Waals surface area contributed by atoms with E-state index >= 15 is 0 Å². The predicted molar refractivity (Wildman–Crippen MR) is 106 cm³/mol. The van der Waals surface area contributed by atoms with Gasteiger partial charge in [-0.3, -0.25) is 4.79 Å². The first-order valence-corrected chi connectivity index (χ1v) is 10.4. The van der Waals surface area contributed by atoms with Crippen molar-refractivity contribution in [1.82, 2.24) is 5.32 Å². The molecule has 11 N–H and O–H groups in total. The maximum absolute atomic E-state index is 11.7. The van der Waals surface area contributed by atoms with Gasteiger partial charge in [0.1, 0.15) is 42.7 Å². The van der Waals surface area contributed by atoms with Crippen LogP contribution in [-0.2, 0) is 28.5 Å². The smallest absolute Gasteiger partial charge is 0.335 e. The standard InChI is InChI=1S/C18H33N3O12/c1-6(23)21-9-10(24)14(8(4-22)31-17(9)30-5-7(20)2-3-19)32-18-13(27)11(25)12(26)15(33-18)16(28)29/h7-15,17-18,22,24-27H,2-5,19-20H2,1H3,(H,21,23)(H,28,29)/t7-,8-,9-,10-,11+,12+,13-,14+,15+,17-,18-/m1/s1. The summed E-state index contributed by atoms with van der Waals surface area (Å²) in [5, 5.41) is 62.3. The van der Waals surface area contributed by atoms with E-state index in [1.807, 2.05) is 0 Å². The van der Waals surface area contributed by atoms with E-state index in [2.05, 4.69) is 5.32 Å². The maximum Gasteiger partial charge on any atom is 0.335 e. The number of rotatable bonds is 10. The van der Waals surface area contributed by atoms with E-state index in [9.17, 15) is 40.2 Å². The van der Waals surface area contributed by atoms with E-state index in [4.69, 9.17) is 30.4 Å². The zero-order valence-electron chi connectivity index (χ0n) is 18.0. The van der Waals surface area contributed by atoms with Crippen molar-refractivity contribution < 1.29 is 59.2 Å². The van der Waals surface area contributed by atoms with Crippen LogP contribution in [-0.4, -0.2) is 130 Å². The normalized spacial score (nSPS) is 40.2. The van der Waals surface area contributed by atoms with E-state index in [1.54, 1.807) is 0 Å². The Morgan fingerprint density at radius 1 is 1.06 bits per heavy atom. The van der Waals surface area contributed by atoms with E-state index < -0.39 is 85.9 Å². The number of nitrogens with one attached hydrogen (secondary N) is 1. The largest absolute Gasteiger partial charge is 0.479 e. The van der Waals surface area contributed by atoms with Crippen LogP contribution >= 0.6 is 0 Å². The molecule has 1 amide bonds. The Morgan fingerprint density at radius 2 is 1.73 bits per heavy atom. The Kier molecular flexibility index (Phi) is 10.3. The Morgan fingerprint density at radius 3 is 2.27 bits per heavy atom. The zero-order chi connectivity index (χ0) is 24.9. The van der Waals surface area contributed by atoms with Crippen LogP contribution in [0.25, 0.3) is 0 Å². The average molecular weight is 483 g/mol. The molecule has 2 rings (SSSR count). The second-order valence-corrected chi connectivity index (χ2v) is 7.95. The topological polar surface area (TPSA) is 257 Å². The van der Waals surface area contributed by atoms with Crippen LogP contribution in [0.15, 0.2) is 0 Å². The number of hydrogen-bond donors (Lipinski definition) is 9. The first-order valence-electron chi connectivity index (χ1n) is 10.4. The van der Waals surface area contributed by atoms with Gasteiger partial charge in [0.05, 0.1) is 13.2 Å². The zero-order valence-corrected chi connectivity index (χ0v) is 18.0. The molecule has 15 nitrogen and oxygen atoms in total. The summed E-state index contributed by atoms with van der Waals surface area (Å²) in [6.07, 6.45) is -14.7. The summed E-state index contributed by atoms with van der Waals surface area (Å²) in [6.45, 7) is 0.745. The first kappa shape index (κ1) is 27.7. The molecule has 0 unspecified atom stereocenters. The van der Waals surface area contributed by atoms with E-state index in [0.717, 1.165) is 0 Å². The molecule has 2 saturated heterocycles. The third-order valence-electron chi connectivity index (χ3n) is 5.34. The molecule has 0 aliphatic carbocycles. The van der Waals surface area contributed by atoms with Crippen LogP contribution in [0.3, 0.4) is 0 Å². The molecule has 0 bridgehead atoms. The molecule has 0 aromatic heterocycles. The minimum atomic E-state index is -1.94. The lowest BCUT2D eigenvalue weighted by molar-refractivity contribution is -0.344. The van der Waals surface area contributed by atoms with Crippen LogP contribution in [0.2, 0.25) is 0 Å². The highest BCUT2D eigenvalue weighted by Gasteiger charge is 2.52. The summed E-state index contributed by atoms with van der Waals surface area (Å²) in [4.78, 5) is 23.0. The second kappa shape index (κ2) is 12.3. The number of carboxylic acid groups (broad SMARTS) is 1. The number of aliphatic carboxylic acids is 1. The molecule has 2 heterocycles. The highest BCUT2D eigenvalue weighted by atomic mass is 16.7. The maximum atomic E-state index is 11.7. The highest BCUT2D eigenvalue weighted by Crippen LogP contribution is 2.29. The summed E-state index contributed by atoms with van der Waals surface area (Å²) in [5.74, 6) is -2.18. The van der Waals surface area contributed by atoms with Crippen molar-refractivity contribution >= 4 is 11.9 Å². The van der Waals surface area contributed by atoms with E-state index in [1.165, 1.54) is 6.92 Å². The van der Waals surface area contributed by atoms with Gasteiger partial charge in [-0.25, -0.2) is 4.79 Å². The Balaban J connectivity index is 2.20. The highest BCUT2D eigenvalue weighted by molar-refractivity contribution is 5.73. The van der Waals surface area contributed by atoms with Crippen LogP contribution in [0.5, 0.6) is 0 Å². The molecule has 0 aromatic rings. The van der Waals surface area contributed by atoms with Gasteiger partial charge >= 0.3 is 5.97 Å². The van der Waals surface area contributed by atoms with Gasteiger partial charge in [0.2, 0.25) is 5.91 Å². The van der Waals surface area contributed by atoms with Crippen LogP contribution in [0, 0.1) is 0 Å². The number of amides is 1. The number of aliphatic hydroxyl groups is 5. The Bertz CT molecular complexity index is 657. The lowest BCUT2D eigenvalue weighted by Crippen LogP contribution is -2.68. The van der Waals surface area contributed by atoms with Gasteiger partial charge in [0, 0.05) is 13.0 Å². The molecule has 33 heavy (non-hydrogen) atoms.